The zero-order chi connectivity index (χ0) is 21.7. The Morgan fingerprint density at radius 1 is 1.10 bits per heavy atom. The van der Waals surface area contributed by atoms with Crippen molar-refractivity contribution in [3.8, 4) is 0 Å². The lowest BCUT2D eigenvalue weighted by molar-refractivity contribution is -0.347. The first kappa shape index (κ1) is 22.3. The molecule has 0 bridgehead atoms. The Balaban J connectivity index is 1.90. The third-order valence-corrected chi connectivity index (χ3v) is 5.87. The number of fused-ring (bicyclic) bond motifs is 1. The van der Waals surface area contributed by atoms with Crippen LogP contribution in [0.2, 0.25) is 0 Å². The summed E-state index contributed by atoms with van der Waals surface area (Å²) in [6.45, 7) is 0.544. The number of aliphatic hydroxyl groups is 7. The van der Waals surface area contributed by atoms with Crippen LogP contribution in [-0.4, -0.2) is 110 Å². The topological polar surface area (TPSA) is 196 Å². The Hall–Kier alpha value is -1.35. The monoisotopic (exact) mass is 422 g/mol. The van der Waals surface area contributed by atoms with Crippen LogP contribution in [0.15, 0.2) is 11.8 Å². The van der Waals surface area contributed by atoms with E-state index in [2.05, 4.69) is 4.74 Å². The van der Waals surface area contributed by atoms with E-state index in [4.69, 9.17) is 14.2 Å². The summed E-state index contributed by atoms with van der Waals surface area (Å²) in [5, 5.41) is 70.7. The fourth-order valence-corrected chi connectivity index (χ4v) is 4.17. The fraction of sp³-hybridized carbons (Fsp3) is 0.824. The first-order chi connectivity index (χ1) is 13.6. The molecule has 2 aliphatic heterocycles. The molecule has 12 nitrogen and oxygen atoms in total. The first-order valence-corrected chi connectivity index (χ1v) is 9.04. The Morgan fingerprint density at radius 2 is 1.76 bits per heavy atom. The molecule has 0 aromatic carbocycles. The van der Waals surface area contributed by atoms with Gasteiger partial charge in [0.15, 0.2) is 6.29 Å². The van der Waals surface area contributed by atoms with Crippen molar-refractivity contribution < 1.29 is 59.5 Å². The Bertz CT molecular complexity index is 648. The van der Waals surface area contributed by atoms with Gasteiger partial charge in [-0.2, -0.15) is 0 Å². The summed E-state index contributed by atoms with van der Waals surface area (Å²) in [5.74, 6) is -3.16. The molecule has 3 aliphatic rings. The average molecular weight is 422 g/mol. The van der Waals surface area contributed by atoms with E-state index in [1.807, 2.05) is 0 Å². The summed E-state index contributed by atoms with van der Waals surface area (Å²) in [7, 11) is 1.12. The third-order valence-electron chi connectivity index (χ3n) is 5.87. The molecule has 0 aromatic rings. The number of hydrogen-bond acceptors (Lipinski definition) is 12. The molecule has 11 atom stereocenters. The number of carbonyl (C=O) groups is 1. The molecule has 166 valence electrons. The van der Waals surface area contributed by atoms with Crippen molar-refractivity contribution in [1.82, 2.24) is 0 Å². The summed E-state index contributed by atoms with van der Waals surface area (Å²) in [6.07, 6.45) is -11.5. The highest BCUT2D eigenvalue weighted by atomic mass is 16.8. The molecule has 12 heteroatoms. The Labute approximate surface area is 165 Å². The van der Waals surface area contributed by atoms with E-state index in [9.17, 15) is 40.5 Å². The van der Waals surface area contributed by atoms with Crippen LogP contribution >= 0.6 is 0 Å². The number of ether oxygens (including phenoxy) is 4. The number of aliphatic hydroxyl groups excluding tert-OH is 6. The van der Waals surface area contributed by atoms with Gasteiger partial charge in [-0.1, -0.05) is 0 Å². The highest BCUT2D eigenvalue weighted by Gasteiger charge is 2.64. The van der Waals surface area contributed by atoms with Gasteiger partial charge in [-0.05, 0) is 6.92 Å². The van der Waals surface area contributed by atoms with E-state index >= 15 is 0 Å². The molecule has 0 unspecified atom stereocenters. The van der Waals surface area contributed by atoms with Gasteiger partial charge in [-0.3, -0.25) is 0 Å². The molecule has 0 spiro atoms. The molecular formula is C17H26O12. The van der Waals surface area contributed by atoms with Gasteiger partial charge in [0.25, 0.3) is 0 Å². The predicted molar refractivity (Wildman–Crippen MR) is 89.4 cm³/mol. The fourth-order valence-electron chi connectivity index (χ4n) is 4.17. The molecule has 1 saturated carbocycles. The predicted octanol–water partition coefficient (Wildman–Crippen LogP) is -4.07. The highest BCUT2D eigenvalue weighted by Crippen LogP contribution is 2.49. The minimum atomic E-state index is -1.98. The lowest BCUT2D eigenvalue weighted by atomic mass is 9.80. The van der Waals surface area contributed by atoms with Crippen LogP contribution in [0.3, 0.4) is 0 Å². The maximum Gasteiger partial charge on any atom is 0.337 e. The number of methoxy groups -OCH3 is 1. The van der Waals surface area contributed by atoms with Gasteiger partial charge in [0, 0.05) is 5.92 Å². The lowest BCUT2D eigenvalue weighted by Gasteiger charge is -2.44. The summed E-state index contributed by atoms with van der Waals surface area (Å²) in [6, 6.07) is 0. The van der Waals surface area contributed by atoms with Crippen molar-refractivity contribution in [2.24, 2.45) is 11.8 Å². The Kier molecular flexibility index (Phi) is 6.21. The highest BCUT2D eigenvalue weighted by molar-refractivity contribution is 5.89. The molecular weight excluding hydrogens is 396 g/mol. The minimum absolute atomic E-state index is 0.129. The minimum Gasteiger partial charge on any atom is -0.471 e. The van der Waals surface area contributed by atoms with Crippen molar-refractivity contribution >= 4 is 5.97 Å². The standard InChI is InChI=1S/C17H26O12/c1-17(25)8-7(10(20)13(17)23)5(14(24)26-2)4-27-15(8)29-16-12(22)11(21)9(19)6(3-18)28-16/h4,6-13,15-16,18-23,25H,3H2,1-2H3/t6-,7-,8-,9-,10+,11+,12+,13+,15+,16-,17-/m1/s1. The van der Waals surface area contributed by atoms with Gasteiger partial charge in [0.05, 0.1) is 43.2 Å². The zero-order valence-electron chi connectivity index (χ0n) is 15.7. The second-order valence-corrected chi connectivity index (χ2v) is 7.62. The molecule has 3 rings (SSSR count). The van der Waals surface area contributed by atoms with Gasteiger partial charge in [0.2, 0.25) is 6.29 Å². The van der Waals surface area contributed by atoms with Gasteiger partial charge >= 0.3 is 5.97 Å². The van der Waals surface area contributed by atoms with E-state index in [1.54, 1.807) is 0 Å². The number of rotatable bonds is 4. The second kappa shape index (κ2) is 8.06. The summed E-state index contributed by atoms with van der Waals surface area (Å²) in [4.78, 5) is 12.0. The quantitative estimate of drug-likeness (QED) is 0.217. The van der Waals surface area contributed by atoms with Crippen molar-refractivity contribution in [3.63, 3.8) is 0 Å². The number of esters is 1. The van der Waals surface area contributed by atoms with E-state index < -0.39 is 79.2 Å². The third kappa shape index (κ3) is 3.54. The zero-order valence-corrected chi connectivity index (χ0v) is 15.7. The van der Waals surface area contributed by atoms with Crippen LogP contribution in [0.25, 0.3) is 0 Å². The molecule has 0 amide bonds. The molecule has 2 fully saturated rings. The van der Waals surface area contributed by atoms with E-state index in [1.165, 1.54) is 6.92 Å². The van der Waals surface area contributed by atoms with E-state index in [0.717, 1.165) is 13.4 Å². The SMILES string of the molecule is COC(=O)C1=CO[C@@H](O[C@H]2O[C@H](CO)[C@@H](O)[C@H](O)[C@@H]2O)[C@H]2[C@@H]1[C@H](O)[C@H](O)[C@]2(C)O. The van der Waals surface area contributed by atoms with E-state index in [-0.39, 0.29) is 5.57 Å². The van der Waals surface area contributed by atoms with Crippen LogP contribution in [0.1, 0.15) is 6.92 Å². The van der Waals surface area contributed by atoms with Gasteiger partial charge in [-0.15, -0.1) is 0 Å². The van der Waals surface area contributed by atoms with Crippen LogP contribution in [0.4, 0.5) is 0 Å². The molecule has 0 radical (unpaired) electrons. The molecule has 1 saturated heterocycles. The van der Waals surface area contributed by atoms with Crippen LogP contribution in [-0.2, 0) is 23.7 Å². The van der Waals surface area contributed by atoms with Crippen molar-refractivity contribution in [1.29, 1.82) is 0 Å². The molecule has 1 aliphatic carbocycles. The van der Waals surface area contributed by atoms with Crippen molar-refractivity contribution in [2.45, 2.75) is 61.7 Å². The smallest absolute Gasteiger partial charge is 0.337 e. The first-order valence-electron chi connectivity index (χ1n) is 9.04. The summed E-state index contributed by atoms with van der Waals surface area (Å²) < 4.78 is 20.8. The van der Waals surface area contributed by atoms with E-state index in [0.29, 0.717) is 0 Å². The van der Waals surface area contributed by atoms with Gasteiger partial charge < -0.3 is 54.7 Å². The molecule has 29 heavy (non-hydrogen) atoms. The lowest BCUT2D eigenvalue weighted by Crippen LogP contribution is -2.61. The summed E-state index contributed by atoms with van der Waals surface area (Å²) >= 11 is 0. The largest absolute Gasteiger partial charge is 0.471 e. The molecule has 0 aromatic heterocycles. The second-order valence-electron chi connectivity index (χ2n) is 7.62. The average Bonchev–Trinajstić information content (AvgIpc) is 2.88. The number of carbonyl (C=O) groups excluding carboxylic acids is 1. The van der Waals surface area contributed by atoms with Crippen LogP contribution in [0, 0.1) is 11.8 Å². The molecule has 7 N–H and O–H groups in total. The Morgan fingerprint density at radius 3 is 2.34 bits per heavy atom. The summed E-state index contributed by atoms with van der Waals surface area (Å²) in [5.41, 5.74) is -2.10. The van der Waals surface area contributed by atoms with Crippen molar-refractivity contribution in [3.05, 3.63) is 11.8 Å². The maximum atomic E-state index is 12.0. The van der Waals surface area contributed by atoms with Gasteiger partial charge in [0.1, 0.15) is 30.5 Å². The molecule has 2 heterocycles. The normalized spacial score (nSPS) is 49.8. The number of hydrogen-bond donors (Lipinski definition) is 7. The van der Waals surface area contributed by atoms with Gasteiger partial charge in [-0.25, -0.2) is 4.79 Å². The van der Waals surface area contributed by atoms with Crippen LogP contribution in [0.5, 0.6) is 0 Å². The van der Waals surface area contributed by atoms with Crippen LogP contribution < -0.4 is 0 Å². The maximum absolute atomic E-state index is 12.0. The van der Waals surface area contributed by atoms with Crippen molar-refractivity contribution in [2.75, 3.05) is 13.7 Å².